The lowest BCUT2D eigenvalue weighted by Crippen LogP contribution is -2.36. The maximum atomic E-state index is 12.5. The minimum absolute atomic E-state index is 0.146. The Balaban J connectivity index is 1.42. The lowest BCUT2D eigenvalue weighted by molar-refractivity contribution is -0.132. The fourth-order valence-corrected chi connectivity index (χ4v) is 3.67. The van der Waals surface area contributed by atoms with E-state index in [2.05, 4.69) is 9.97 Å². The number of nitrogens with one attached hydrogen (secondary N) is 1. The monoisotopic (exact) mass is 353 g/mol. The predicted molar refractivity (Wildman–Crippen MR) is 98.0 cm³/mol. The van der Waals surface area contributed by atoms with Gasteiger partial charge in [0.1, 0.15) is 5.82 Å². The predicted octanol–water partition coefficient (Wildman–Crippen LogP) is 2.63. The third-order valence-corrected chi connectivity index (χ3v) is 5.12. The van der Waals surface area contributed by atoms with Crippen LogP contribution in [0, 0.1) is 0 Å². The van der Waals surface area contributed by atoms with Crippen LogP contribution in [-0.2, 0) is 24.2 Å². The number of benzene rings is 1. The first kappa shape index (κ1) is 15.8. The summed E-state index contributed by atoms with van der Waals surface area (Å²) in [5.41, 5.74) is 9.69. The molecule has 0 atom stereocenters. The van der Waals surface area contributed by atoms with Gasteiger partial charge in [0, 0.05) is 30.3 Å². The number of fused-ring (bicyclic) bond motifs is 1. The number of aromatic nitrogens is 3. The topological polar surface area (TPSA) is 87.9 Å². The number of anilines is 1. The number of nitrogens with two attached hydrogens (primary N) is 1. The van der Waals surface area contributed by atoms with E-state index in [0.29, 0.717) is 31.1 Å². The number of amides is 1. The van der Waals surface area contributed by atoms with Gasteiger partial charge in [-0.1, -0.05) is 30.3 Å². The number of carbonyl (C=O) groups is 1. The smallest absolute Gasteiger partial charge is 0.223 e. The molecule has 1 aromatic carbocycles. The fourth-order valence-electron chi connectivity index (χ4n) is 3.07. The van der Waals surface area contributed by atoms with E-state index in [1.807, 2.05) is 40.6 Å². The second-order valence-electron chi connectivity index (χ2n) is 6.12. The van der Waals surface area contributed by atoms with E-state index >= 15 is 0 Å². The molecule has 3 heterocycles. The van der Waals surface area contributed by atoms with E-state index in [1.165, 1.54) is 11.3 Å². The van der Waals surface area contributed by atoms with Crippen LogP contribution in [0.25, 0.3) is 11.4 Å². The average Bonchev–Trinajstić information content (AvgIpc) is 3.25. The summed E-state index contributed by atoms with van der Waals surface area (Å²) in [5, 5.41) is 2.47. The molecule has 3 N–H and O–H groups in total. The van der Waals surface area contributed by atoms with Crippen molar-refractivity contribution in [2.45, 2.75) is 25.8 Å². The van der Waals surface area contributed by atoms with Gasteiger partial charge in [-0.15, -0.1) is 11.3 Å². The van der Waals surface area contributed by atoms with Crippen molar-refractivity contribution in [1.82, 2.24) is 19.9 Å². The van der Waals surface area contributed by atoms with Gasteiger partial charge in [0.25, 0.3) is 0 Å². The Morgan fingerprint density at radius 3 is 2.88 bits per heavy atom. The third kappa shape index (κ3) is 3.41. The van der Waals surface area contributed by atoms with Gasteiger partial charge >= 0.3 is 0 Å². The zero-order valence-corrected chi connectivity index (χ0v) is 14.6. The Morgan fingerprint density at radius 2 is 2.12 bits per heavy atom. The first-order valence-corrected chi connectivity index (χ1v) is 9.18. The highest BCUT2D eigenvalue weighted by Gasteiger charge is 2.23. The zero-order chi connectivity index (χ0) is 17.2. The summed E-state index contributed by atoms with van der Waals surface area (Å²) < 4.78 is 0. The van der Waals surface area contributed by atoms with Crippen LogP contribution in [0.15, 0.2) is 35.7 Å². The van der Waals surface area contributed by atoms with Gasteiger partial charge in [-0.2, -0.15) is 0 Å². The second-order valence-corrected chi connectivity index (χ2v) is 7.01. The van der Waals surface area contributed by atoms with Crippen LogP contribution in [0.4, 0.5) is 5.13 Å². The quantitative estimate of drug-likeness (QED) is 0.755. The molecule has 0 fully saturated rings. The normalized spacial score (nSPS) is 13.7. The molecular formula is C18H19N5OS. The first-order valence-electron chi connectivity index (χ1n) is 8.30. The number of hydrogen-bond acceptors (Lipinski definition) is 5. The van der Waals surface area contributed by atoms with Crippen molar-refractivity contribution in [3.05, 3.63) is 52.8 Å². The van der Waals surface area contributed by atoms with E-state index in [9.17, 15) is 4.79 Å². The number of hydrogen-bond donors (Lipinski definition) is 2. The molecule has 0 bridgehead atoms. The third-order valence-electron chi connectivity index (χ3n) is 4.40. The Kier molecular flexibility index (Phi) is 4.23. The van der Waals surface area contributed by atoms with Crippen molar-refractivity contribution >= 4 is 22.4 Å². The van der Waals surface area contributed by atoms with Gasteiger partial charge in [0.2, 0.25) is 5.91 Å². The fraction of sp³-hybridized carbons (Fsp3) is 0.278. The zero-order valence-electron chi connectivity index (χ0n) is 13.7. The van der Waals surface area contributed by atoms with Crippen LogP contribution in [0.1, 0.15) is 23.5 Å². The standard InChI is InChI=1S/C18H19N5OS/c19-18-20-13(11-25-18)6-7-16(24)23-9-8-14-15(10-23)22-17(21-14)12-4-2-1-3-5-12/h1-5,11H,6-10H2,(H2,19,20)(H,21,22). The number of nitrogen functional groups attached to an aromatic ring is 1. The highest BCUT2D eigenvalue weighted by Crippen LogP contribution is 2.23. The van der Waals surface area contributed by atoms with Gasteiger partial charge in [0.05, 0.1) is 23.6 Å². The van der Waals surface area contributed by atoms with Crippen molar-refractivity contribution in [2.75, 3.05) is 12.3 Å². The molecule has 7 heteroatoms. The molecule has 25 heavy (non-hydrogen) atoms. The highest BCUT2D eigenvalue weighted by molar-refractivity contribution is 7.13. The molecule has 0 unspecified atom stereocenters. The largest absolute Gasteiger partial charge is 0.375 e. The summed E-state index contributed by atoms with van der Waals surface area (Å²) in [6, 6.07) is 10.1. The summed E-state index contributed by atoms with van der Waals surface area (Å²) in [5.74, 6) is 1.02. The van der Waals surface area contributed by atoms with Crippen LogP contribution >= 0.6 is 11.3 Å². The molecule has 0 spiro atoms. The summed E-state index contributed by atoms with van der Waals surface area (Å²) in [7, 11) is 0. The summed E-state index contributed by atoms with van der Waals surface area (Å²) in [4.78, 5) is 26.7. The van der Waals surface area contributed by atoms with Crippen LogP contribution in [0.5, 0.6) is 0 Å². The Labute approximate surface area is 149 Å². The van der Waals surface area contributed by atoms with E-state index in [0.717, 1.165) is 34.9 Å². The van der Waals surface area contributed by atoms with Gasteiger partial charge in [0.15, 0.2) is 5.13 Å². The summed E-state index contributed by atoms with van der Waals surface area (Å²) in [6.45, 7) is 1.30. The lowest BCUT2D eigenvalue weighted by atomic mass is 10.1. The van der Waals surface area contributed by atoms with Gasteiger partial charge in [-0.25, -0.2) is 9.97 Å². The number of H-pyrrole nitrogens is 1. The van der Waals surface area contributed by atoms with Crippen molar-refractivity contribution in [2.24, 2.45) is 0 Å². The number of aryl methyl sites for hydroxylation is 1. The van der Waals surface area contributed by atoms with Gasteiger partial charge < -0.3 is 15.6 Å². The Bertz CT molecular complexity index is 886. The van der Waals surface area contributed by atoms with E-state index < -0.39 is 0 Å². The van der Waals surface area contributed by atoms with E-state index in [-0.39, 0.29) is 5.91 Å². The number of rotatable bonds is 4. The maximum Gasteiger partial charge on any atom is 0.223 e. The minimum Gasteiger partial charge on any atom is -0.375 e. The molecule has 4 rings (SSSR count). The molecule has 128 valence electrons. The van der Waals surface area contributed by atoms with E-state index in [4.69, 9.17) is 10.7 Å². The number of nitrogens with zero attached hydrogens (tertiary/aromatic N) is 3. The molecule has 0 radical (unpaired) electrons. The van der Waals surface area contributed by atoms with Crippen molar-refractivity contribution < 1.29 is 4.79 Å². The van der Waals surface area contributed by atoms with Crippen LogP contribution in [0.3, 0.4) is 0 Å². The molecule has 1 aliphatic rings. The molecule has 1 aliphatic heterocycles. The van der Waals surface area contributed by atoms with Crippen molar-refractivity contribution in [3.63, 3.8) is 0 Å². The molecule has 0 saturated carbocycles. The highest BCUT2D eigenvalue weighted by atomic mass is 32.1. The van der Waals surface area contributed by atoms with E-state index in [1.54, 1.807) is 0 Å². The Hall–Kier alpha value is -2.67. The minimum atomic E-state index is 0.146. The molecule has 0 aliphatic carbocycles. The number of carbonyl (C=O) groups excluding carboxylic acids is 1. The SMILES string of the molecule is Nc1nc(CCC(=O)N2CCc3nc(-c4ccccc4)[nH]c3C2)cs1. The molecule has 2 aromatic heterocycles. The number of thiazole rings is 1. The molecule has 6 nitrogen and oxygen atoms in total. The summed E-state index contributed by atoms with van der Waals surface area (Å²) >= 11 is 1.41. The maximum absolute atomic E-state index is 12.5. The Morgan fingerprint density at radius 1 is 1.28 bits per heavy atom. The second kappa shape index (κ2) is 6.68. The lowest BCUT2D eigenvalue weighted by Gasteiger charge is -2.26. The molecular weight excluding hydrogens is 334 g/mol. The summed E-state index contributed by atoms with van der Waals surface area (Å²) in [6.07, 6.45) is 1.88. The number of imidazole rings is 1. The molecule has 3 aromatic rings. The molecule has 1 amide bonds. The average molecular weight is 353 g/mol. The van der Waals surface area contributed by atoms with Gasteiger partial charge in [-0.3, -0.25) is 4.79 Å². The molecule has 0 saturated heterocycles. The van der Waals surface area contributed by atoms with Crippen LogP contribution in [0.2, 0.25) is 0 Å². The first-order chi connectivity index (χ1) is 12.2. The van der Waals surface area contributed by atoms with Crippen molar-refractivity contribution in [3.8, 4) is 11.4 Å². The van der Waals surface area contributed by atoms with Crippen LogP contribution in [-0.4, -0.2) is 32.3 Å². The van der Waals surface area contributed by atoms with Crippen molar-refractivity contribution in [1.29, 1.82) is 0 Å². The van der Waals surface area contributed by atoms with Crippen LogP contribution < -0.4 is 5.73 Å². The van der Waals surface area contributed by atoms with Gasteiger partial charge in [-0.05, 0) is 6.42 Å². The number of aromatic amines is 1.